The predicted octanol–water partition coefficient (Wildman–Crippen LogP) is 3.02. The lowest BCUT2D eigenvalue weighted by Gasteiger charge is -2.05. The van der Waals surface area contributed by atoms with Crippen LogP contribution in [0.1, 0.15) is 0 Å². The van der Waals surface area contributed by atoms with Gasteiger partial charge in [-0.05, 0) is 30.3 Å². The van der Waals surface area contributed by atoms with Gasteiger partial charge in [0.25, 0.3) is 0 Å². The molecule has 0 N–H and O–H groups in total. The molecule has 0 atom stereocenters. The molecular formula is C12H10FNO2. The summed E-state index contributed by atoms with van der Waals surface area (Å²) < 4.78 is 23.0. The van der Waals surface area contributed by atoms with Crippen LogP contribution in [0.2, 0.25) is 0 Å². The van der Waals surface area contributed by atoms with Gasteiger partial charge in [-0.1, -0.05) is 0 Å². The van der Waals surface area contributed by atoms with Gasteiger partial charge in [0.05, 0.1) is 13.3 Å². The summed E-state index contributed by atoms with van der Waals surface area (Å²) in [6.07, 6.45) is 1.54. The molecular weight excluding hydrogens is 209 g/mol. The van der Waals surface area contributed by atoms with Crippen molar-refractivity contribution in [3.05, 3.63) is 48.4 Å². The molecule has 16 heavy (non-hydrogen) atoms. The smallest absolute Gasteiger partial charge is 0.213 e. The van der Waals surface area contributed by atoms with E-state index in [1.807, 2.05) is 0 Å². The van der Waals surface area contributed by atoms with Crippen molar-refractivity contribution >= 4 is 0 Å². The van der Waals surface area contributed by atoms with Crippen molar-refractivity contribution in [2.45, 2.75) is 0 Å². The number of ether oxygens (including phenoxy) is 2. The quantitative estimate of drug-likeness (QED) is 0.795. The third kappa shape index (κ3) is 2.48. The Kier molecular flexibility index (Phi) is 3.00. The summed E-state index contributed by atoms with van der Waals surface area (Å²) in [7, 11) is 1.54. The highest BCUT2D eigenvalue weighted by atomic mass is 19.1. The Labute approximate surface area is 92.5 Å². The van der Waals surface area contributed by atoms with Crippen molar-refractivity contribution in [1.29, 1.82) is 0 Å². The zero-order chi connectivity index (χ0) is 11.4. The van der Waals surface area contributed by atoms with E-state index in [2.05, 4.69) is 4.98 Å². The minimum atomic E-state index is -0.291. The van der Waals surface area contributed by atoms with Crippen LogP contribution in [0.25, 0.3) is 0 Å². The van der Waals surface area contributed by atoms with Crippen LogP contribution in [0.5, 0.6) is 17.4 Å². The SMILES string of the molecule is COc1ccc(Oc2ccc(F)cc2)cn1. The molecule has 0 bridgehead atoms. The van der Waals surface area contributed by atoms with E-state index in [-0.39, 0.29) is 5.82 Å². The van der Waals surface area contributed by atoms with Crippen LogP contribution in [0.15, 0.2) is 42.6 Å². The van der Waals surface area contributed by atoms with Gasteiger partial charge in [0.1, 0.15) is 17.3 Å². The van der Waals surface area contributed by atoms with Gasteiger partial charge in [0.2, 0.25) is 5.88 Å². The molecule has 3 nitrogen and oxygen atoms in total. The molecule has 1 aromatic heterocycles. The molecule has 0 fully saturated rings. The van der Waals surface area contributed by atoms with Crippen molar-refractivity contribution in [2.24, 2.45) is 0 Å². The lowest BCUT2D eigenvalue weighted by molar-refractivity contribution is 0.395. The first kappa shape index (κ1) is 10.4. The summed E-state index contributed by atoms with van der Waals surface area (Å²) >= 11 is 0. The molecule has 0 spiro atoms. The number of hydrogen-bond donors (Lipinski definition) is 0. The standard InChI is InChI=1S/C12H10FNO2/c1-15-12-7-6-11(8-14-12)16-10-4-2-9(13)3-5-10/h2-8H,1H3. The van der Waals surface area contributed by atoms with E-state index in [0.717, 1.165) is 0 Å². The maximum atomic E-state index is 12.6. The van der Waals surface area contributed by atoms with Crippen LogP contribution in [0, 0.1) is 5.82 Å². The molecule has 2 rings (SSSR count). The number of methoxy groups -OCH3 is 1. The van der Waals surface area contributed by atoms with Gasteiger partial charge >= 0.3 is 0 Å². The van der Waals surface area contributed by atoms with E-state index < -0.39 is 0 Å². The van der Waals surface area contributed by atoms with Crippen molar-refractivity contribution in [3.8, 4) is 17.4 Å². The largest absolute Gasteiger partial charge is 0.481 e. The maximum absolute atomic E-state index is 12.6. The molecule has 0 radical (unpaired) electrons. The van der Waals surface area contributed by atoms with Gasteiger partial charge in [-0.15, -0.1) is 0 Å². The van der Waals surface area contributed by atoms with Gasteiger partial charge in [0, 0.05) is 6.07 Å². The summed E-state index contributed by atoms with van der Waals surface area (Å²) in [6.45, 7) is 0. The van der Waals surface area contributed by atoms with Crippen molar-refractivity contribution in [2.75, 3.05) is 7.11 Å². The van der Waals surface area contributed by atoms with Gasteiger partial charge in [-0.2, -0.15) is 0 Å². The second-order valence-corrected chi connectivity index (χ2v) is 3.09. The third-order valence-corrected chi connectivity index (χ3v) is 1.97. The average Bonchev–Trinajstić information content (AvgIpc) is 2.33. The van der Waals surface area contributed by atoms with E-state index in [1.54, 1.807) is 37.6 Å². The Balaban J connectivity index is 2.11. The number of rotatable bonds is 3. The molecule has 2 aromatic rings. The zero-order valence-electron chi connectivity index (χ0n) is 8.68. The Morgan fingerprint density at radius 2 is 1.69 bits per heavy atom. The molecule has 1 aromatic carbocycles. The normalized spacial score (nSPS) is 9.88. The first-order valence-corrected chi connectivity index (χ1v) is 4.71. The number of benzene rings is 1. The second-order valence-electron chi connectivity index (χ2n) is 3.09. The predicted molar refractivity (Wildman–Crippen MR) is 57.3 cm³/mol. The lowest BCUT2D eigenvalue weighted by Crippen LogP contribution is -1.88. The summed E-state index contributed by atoms with van der Waals surface area (Å²) in [5.41, 5.74) is 0. The second kappa shape index (κ2) is 4.61. The van der Waals surface area contributed by atoms with E-state index in [9.17, 15) is 4.39 Å². The molecule has 4 heteroatoms. The summed E-state index contributed by atoms with van der Waals surface area (Å²) in [6, 6.07) is 9.21. The summed E-state index contributed by atoms with van der Waals surface area (Å²) in [5.74, 6) is 1.37. The zero-order valence-corrected chi connectivity index (χ0v) is 8.68. The lowest BCUT2D eigenvalue weighted by atomic mass is 10.3. The maximum Gasteiger partial charge on any atom is 0.213 e. The van der Waals surface area contributed by atoms with Crippen LogP contribution in [-0.4, -0.2) is 12.1 Å². The summed E-state index contributed by atoms with van der Waals surface area (Å²) in [5, 5.41) is 0. The van der Waals surface area contributed by atoms with E-state index in [0.29, 0.717) is 17.4 Å². The van der Waals surface area contributed by atoms with Crippen molar-refractivity contribution in [3.63, 3.8) is 0 Å². The minimum Gasteiger partial charge on any atom is -0.481 e. The Hall–Kier alpha value is -2.10. The molecule has 0 unspecified atom stereocenters. The molecule has 0 amide bonds. The fraction of sp³-hybridized carbons (Fsp3) is 0.0833. The summed E-state index contributed by atoms with van der Waals surface area (Å²) in [4.78, 5) is 3.99. The van der Waals surface area contributed by atoms with Crippen LogP contribution in [-0.2, 0) is 0 Å². The van der Waals surface area contributed by atoms with Crippen LogP contribution in [0.4, 0.5) is 4.39 Å². The van der Waals surface area contributed by atoms with Gasteiger partial charge in [0.15, 0.2) is 0 Å². The van der Waals surface area contributed by atoms with Gasteiger partial charge in [-0.25, -0.2) is 9.37 Å². The van der Waals surface area contributed by atoms with Crippen LogP contribution >= 0.6 is 0 Å². The van der Waals surface area contributed by atoms with Crippen LogP contribution < -0.4 is 9.47 Å². The Morgan fingerprint density at radius 3 is 2.25 bits per heavy atom. The monoisotopic (exact) mass is 219 g/mol. The third-order valence-electron chi connectivity index (χ3n) is 1.97. The average molecular weight is 219 g/mol. The molecule has 82 valence electrons. The van der Waals surface area contributed by atoms with Crippen LogP contribution in [0.3, 0.4) is 0 Å². The minimum absolute atomic E-state index is 0.291. The highest BCUT2D eigenvalue weighted by molar-refractivity contribution is 5.30. The van der Waals surface area contributed by atoms with E-state index in [1.165, 1.54) is 12.1 Å². The van der Waals surface area contributed by atoms with Crippen molar-refractivity contribution in [1.82, 2.24) is 4.98 Å². The number of halogens is 1. The molecule has 0 aliphatic rings. The van der Waals surface area contributed by atoms with E-state index >= 15 is 0 Å². The fourth-order valence-electron chi connectivity index (χ4n) is 1.19. The molecule has 0 saturated heterocycles. The molecule has 0 saturated carbocycles. The highest BCUT2D eigenvalue weighted by Crippen LogP contribution is 2.21. The first-order chi connectivity index (χ1) is 7.78. The topological polar surface area (TPSA) is 31.4 Å². The van der Waals surface area contributed by atoms with Crippen molar-refractivity contribution < 1.29 is 13.9 Å². The van der Waals surface area contributed by atoms with E-state index in [4.69, 9.17) is 9.47 Å². The molecule has 1 heterocycles. The van der Waals surface area contributed by atoms with Gasteiger partial charge < -0.3 is 9.47 Å². The fourth-order valence-corrected chi connectivity index (χ4v) is 1.19. The number of nitrogens with zero attached hydrogens (tertiary/aromatic N) is 1. The number of hydrogen-bond acceptors (Lipinski definition) is 3. The molecule has 0 aliphatic heterocycles. The van der Waals surface area contributed by atoms with Gasteiger partial charge in [-0.3, -0.25) is 0 Å². The first-order valence-electron chi connectivity index (χ1n) is 4.71. The number of aromatic nitrogens is 1. The highest BCUT2D eigenvalue weighted by Gasteiger charge is 1.99. The molecule has 0 aliphatic carbocycles. The Bertz CT molecular complexity index is 453. The number of pyridine rings is 1. The Morgan fingerprint density at radius 1 is 1.00 bits per heavy atom.